The van der Waals surface area contributed by atoms with Crippen LogP contribution in [0.25, 0.3) is 5.52 Å². The molecule has 154 valence electrons. The van der Waals surface area contributed by atoms with Crippen molar-refractivity contribution in [3.8, 4) is 0 Å². The summed E-state index contributed by atoms with van der Waals surface area (Å²) in [6.07, 6.45) is 3.51. The van der Waals surface area contributed by atoms with Gasteiger partial charge in [-0.1, -0.05) is 20.8 Å². The second kappa shape index (κ2) is 6.48. The average Bonchev–Trinajstić information content (AvgIpc) is 3.43. The molecule has 5 heterocycles. The lowest BCUT2D eigenvalue weighted by molar-refractivity contribution is 0.0642. The lowest BCUT2D eigenvalue weighted by atomic mass is 9.97. The number of amides is 1. The first-order valence-electron chi connectivity index (χ1n) is 9.63. The molecule has 10 heteroatoms. The Balaban J connectivity index is 1.58. The predicted octanol–water partition coefficient (Wildman–Crippen LogP) is 2.66. The maximum absolute atomic E-state index is 13.6. The third-order valence-electron chi connectivity index (χ3n) is 5.16. The molecule has 0 saturated carbocycles. The second-order valence-corrected chi connectivity index (χ2v) is 8.37. The van der Waals surface area contributed by atoms with Gasteiger partial charge in [-0.15, -0.1) is 10.2 Å². The van der Waals surface area contributed by atoms with Gasteiger partial charge in [0.1, 0.15) is 11.9 Å². The summed E-state index contributed by atoms with van der Waals surface area (Å²) < 4.78 is 20.8. The molecular weight excluding hydrogens is 389 g/mol. The number of rotatable bonds is 2. The standard InChI is InChI=1S/C20H20FN7O2/c1-20(2,3)19-25-24-17(30-19)18(29)27-7-6-13-15(23-10-22-13)16(27)14-8-12-5-4-11(21)9-28(12)26-14/h4-5,8-10,16H,6-7H2,1-3H3,(H,22,23). The number of H-pyrrole nitrogens is 1. The van der Waals surface area contributed by atoms with E-state index >= 15 is 0 Å². The number of halogens is 1. The largest absolute Gasteiger partial charge is 0.416 e. The predicted molar refractivity (Wildman–Crippen MR) is 103 cm³/mol. The van der Waals surface area contributed by atoms with E-state index < -0.39 is 11.9 Å². The molecule has 1 amide bonds. The quantitative estimate of drug-likeness (QED) is 0.546. The minimum atomic E-state index is -0.555. The van der Waals surface area contributed by atoms with Crippen LogP contribution in [0.5, 0.6) is 0 Å². The van der Waals surface area contributed by atoms with E-state index in [0.29, 0.717) is 35.8 Å². The summed E-state index contributed by atoms with van der Waals surface area (Å²) in [6, 6.07) is 4.28. The fourth-order valence-corrected chi connectivity index (χ4v) is 3.65. The summed E-state index contributed by atoms with van der Waals surface area (Å²) in [5.41, 5.74) is 2.57. The van der Waals surface area contributed by atoms with Gasteiger partial charge in [0, 0.05) is 24.1 Å². The molecule has 30 heavy (non-hydrogen) atoms. The fraction of sp³-hybridized carbons (Fsp3) is 0.350. The number of nitrogens with one attached hydrogen (secondary N) is 1. The third kappa shape index (κ3) is 2.95. The lowest BCUT2D eigenvalue weighted by Crippen LogP contribution is -2.41. The van der Waals surface area contributed by atoms with Gasteiger partial charge in [-0.2, -0.15) is 5.10 Å². The van der Waals surface area contributed by atoms with Crippen molar-refractivity contribution in [3.63, 3.8) is 0 Å². The van der Waals surface area contributed by atoms with Crippen molar-refractivity contribution in [3.05, 3.63) is 65.4 Å². The Labute approximate surface area is 170 Å². The Hall–Kier alpha value is -3.56. The van der Waals surface area contributed by atoms with Gasteiger partial charge >= 0.3 is 11.8 Å². The smallest absolute Gasteiger partial charge is 0.312 e. The first-order valence-corrected chi connectivity index (χ1v) is 9.63. The summed E-state index contributed by atoms with van der Waals surface area (Å²) in [4.78, 5) is 22.5. The molecule has 0 radical (unpaired) electrons. The molecule has 4 aromatic rings. The van der Waals surface area contributed by atoms with Gasteiger partial charge in [0.05, 0.1) is 29.4 Å². The first-order chi connectivity index (χ1) is 14.3. The highest BCUT2D eigenvalue weighted by Gasteiger charge is 2.38. The van der Waals surface area contributed by atoms with E-state index in [1.54, 1.807) is 17.3 Å². The minimum absolute atomic E-state index is 0.0706. The maximum Gasteiger partial charge on any atom is 0.312 e. The zero-order valence-electron chi connectivity index (χ0n) is 16.8. The van der Waals surface area contributed by atoms with Crippen LogP contribution in [0.15, 0.2) is 35.1 Å². The Morgan fingerprint density at radius 1 is 1.30 bits per heavy atom. The zero-order valence-corrected chi connectivity index (χ0v) is 16.8. The van der Waals surface area contributed by atoms with Gasteiger partial charge in [-0.25, -0.2) is 13.9 Å². The van der Waals surface area contributed by atoms with E-state index in [1.165, 1.54) is 16.8 Å². The number of carbonyl (C=O) groups excluding carboxylic acids is 1. The number of hydrogen-bond acceptors (Lipinski definition) is 6. The van der Waals surface area contributed by atoms with E-state index in [1.807, 2.05) is 26.8 Å². The van der Waals surface area contributed by atoms with Gasteiger partial charge in [-0.05, 0) is 18.2 Å². The molecule has 9 nitrogen and oxygen atoms in total. The molecule has 0 spiro atoms. The van der Waals surface area contributed by atoms with E-state index in [0.717, 1.165) is 5.69 Å². The van der Waals surface area contributed by atoms with E-state index in [2.05, 4.69) is 25.3 Å². The van der Waals surface area contributed by atoms with Gasteiger partial charge in [-0.3, -0.25) is 4.79 Å². The van der Waals surface area contributed by atoms with Crippen LogP contribution in [0, 0.1) is 5.82 Å². The molecule has 1 aliphatic heterocycles. The molecule has 0 fully saturated rings. The molecule has 4 aromatic heterocycles. The van der Waals surface area contributed by atoms with Crippen molar-refractivity contribution in [1.29, 1.82) is 0 Å². The lowest BCUT2D eigenvalue weighted by Gasteiger charge is -2.32. The van der Waals surface area contributed by atoms with Gasteiger partial charge < -0.3 is 14.3 Å². The number of aromatic nitrogens is 6. The van der Waals surface area contributed by atoms with Crippen molar-refractivity contribution in [2.24, 2.45) is 0 Å². The molecule has 0 saturated heterocycles. The third-order valence-corrected chi connectivity index (χ3v) is 5.16. The summed E-state index contributed by atoms with van der Waals surface area (Å²) in [5, 5.41) is 12.5. The van der Waals surface area contributed by atoms with Crippen molar-refractivity contribution in [1.82, 2.24) is 34.7 Å². The summed E-state index contributed by atoms with van der Waals surface area (Å²) in [5.74, 6) is -0.462. The maximum atomic E-state index is 13.6. The topological polar surface area (TPSA) is 105 Å². The number of nitrogens with zero attached hydrogens (tertiary/aromatic N) is 6. The highest BCUT2D eigenvalue weighted by Crippen LogP contribution is 2.34. The van der Waals surface area contributed by atoms with Crippen LogP contribution in [-0.2, 0) is 11.8 Å². The van der Waals surface area contributed by atoms with E-state index in [-0.39, 0.29) is 17.2 Å². The molecule has 1 aliphatic rings. The van der Waals surface area contributed by atoms with Gasteiger partial charge in [0.25, 0.3) is 0 Å². The van der Waals surface area contributed by atoms with Crippen LogP contribution in [0.3, 0.4) is 0 Å². The van der Waals surface area contributed by atoms with Crippen LogP contribution >= 0.6 is 0 Å². The number of hydrogen-bond donors (Lipinski definition) is 1. The minimum Gasteiger partial charge on any atom is -0.416 e. The van der Waals surface area contributed by atoms with Crippen LogP contribution in [0.1, 0.15) is 60.5 Å². The van der Waals surface area contributed by atoms with Crippen molar-refractivity contribution < 1.29 is 13.6 Å². The van der Waals surface area contributed by atoms with Crippen LogP contribution < -0.4 is 0 Å². The molecule has 0 bridgehead atoms. The van der Waals surface area contributed by atoms with Gasteiger partial charge in [0.2, 0.25) is 5.89 Å². The Morgan fingerprint density at radius 2 is 2.13 bits per heavy atom. The summed E-state index contributed by atoms with van der Waals surface area (Å²) in [7, 11) is 0. The number of pyridine rings is 1. The highest BCUT2D eigenvalue weighted by molar-refractivity contribution is 5.90. The van der Waals surface area contributed by atoms with Crippen LogP contribution in [-0.4, -0.2) is 47.1 Å². The fourth-order valence-electron chi connectivity index (χ4n) is 3.65. The second-order valence-electron chi connectivity index (χ2n) is 8.37. The van der Waals surface area contributed by atoms with Crippen LogP contribution in [0.2, 0.25) is 0 Å². The normalized spacial score (nSPS) is 16.8. The number of carbonyl (C=O) groups is 1. The summed E-state index contributed by atoms with van der Waals surface area (Å²) in [6.45, 7) is 6.23. The molecule has 1 N–H and O–H groups in total. The van der Waals surface area contributed by atoms with Gasteiger partial charge in [0.15, 0.2) is 0 Å². The zero-order chi connectivity index (χ0) is 21.0. The van der Waals surface area contributed by atoms with Crippen molar-refractivity contribution in [2.75, 3.05) is 6.54 Å². The molecule has 1 unspecified atom stereocenters. The Bertz CT molecular complexity index is 1250. The highest BCUT2D eigenvalue weighted by atomic mass is 19.1. The van der Waals surface area contributed by atoms with Crippen LogP contribution in [0.4, 0.5) is 4.39 Å². The first kappa shape index (κ1) is 18.5. The molecule has 1 atom stereocenters. The molecular formula is C20H20FN7O2. The molecule has 0 aliphatic carbocycles. The van der Waals surface area contributed by atoms with Crippen molar-refractivity contribution in [2.45, 2.75) is 38.6 Å². The Morgan fingerprint density at radius 3 is 2.90 bits per heavy atom. The summed E-state index contributed by atoms with van der Waals surface area (Å²) >= 11 is 0. The van der Waals surface area contributed by atoms with E-state index in [4.69, 9.17) is 4.42 Å². The number of fused-ring (bicyclic) bond motifs is 2. The Kier molecular flexibility index (Phi) is 3.99. The average molecular weight is 409 g/mol. The SMILES string of the molecule is CC(C)(C)c1nnc(C(=O)N2CCc3[nH]cnc3C2c2cc3ccc(F)cn3n2)o1. The number of aromatic amines is 1. The molecule has 5 rings (SSSR count). The van der Waals surface area contributed by atoms with Crippen molar-refractivity contribution >= 4 is 11.4 Å². The molecule has 0 aromatic carbocycles. The monoisotopic (exact) mass is 409 g/mol. The van der Waals surface area contributed by atoms with E-state index in [9.17, 15) is 9.18 Å². The number of imidazole rings is 1.